The first kappa shape index (κ1) is 16.1. The number of hydrogen-bond donors (Lipinski definition) is 3. The van der Waals surface area contributed by atoms with E-state index in [1.165, 1.54) is 24.4 Å². The first-order valence-corrected chi connectivity index (χ1v) is 6.55. The molecule has 0 aliphatic rings. The first-order chi connectivity index (χ1) is 11.0. The Bertz CT molecular complexity index is 764. The molecule has 1 aromatic carbocycles. The minimum atomic E-state index is -0.766. The molecule has 0 aliphatic heterocycles. The second-order valence-corrected chi connectivity index (χ2v) is 4.55. The van der Waals surface area contributed by atoms with Gasteiger partial charge >= 0.3 is 0 Å². The highest BCUT2D eigenvalue weighted by molar-refractivity contribution is 6.05. The number of rotatable bonds is 5. The molecule has 0 atom stereocenters. The Morgan fingerprint density at radius 1 is 1.09 bits per heavy atom. The molecular weight excluding hydrogens is 303 g/mol. The van der Waals surface area contributed by atoms with Crippen LogP contribution in [0.5, 0.6) is 0 Å². The minimum absolute atomic E-state index is 0.0982. The Labute approximate surface area is 130 Å². The molecule has 0 aliphatic carbocycles. The van der Waals surface area contributed by atoms with Crippen molar-refractivity contribution >= 4 is 23.4 Å². The van der Waals surface area contributed by atoms with Gasteiger partial charge in [0.05, 0.1) is 6.54 Å². The van der Waals surface area contributed by atoms with Crippen LogP contribution < -0.4 is 16.4 Å². The van der Waals surface area contributed by atoms with Gasteiger partial charge in [-0.25, -0.2) is 4.98 Å². The maximum absolute atomic E-state index is 13.0. The van der Waals surface area contributed by atoms with Crippen molar-refractivity contribution in [1.29, 1.82) is 0 Å². The van der Waals surface area contributed by atoms with Crippen LogP contribution in [-0.4, -0.2) is 29.3 Å². The van der Waals surface area contributed by atoms with Gasteiger partial charge in [0.15, 0.2) is 0 Å². The van der Waals surface area contributed by atoms with Crippen molar-refractivity contribution in [2.24, 2.45) is 5.73 Å². The summed E-state index contributed by atoms with van der Waals surface area (Å²) in [7, 11) is 0. The van der Waals surface area contributed by atoms with Crippen molar-refractivity contribution in [3.63, 3.8) is 0 Å². The largest absolute Gasteiger partial charge is 0.368 e. The summed E-state index contributed by atoms with van der Waals surface area (Å²) in [5.41, 5.74) is 5.63. The van der Waals surface area contributed by atoms with Gasteiger partial charge in [0.2, 0.25) is 11.9 Å². The number of amides is 3. The van der Waals surface area contributed by atoms with Gasteiger partial charge in [-0.05, 0) is 24.3 Å². The zero-order valence-electron chi connectivity index (χ0n) is 11.9. The van der Waals surface area contributed by atoms with Crippen LogP contribution in [0.25, 0.3) is 0 Å². The van der Waals surface area contributed by atoms with Crippen molar-refractivity contribution < 1.29 is 18.8 Å². The van der Waals surface area contributed by atoms with Crippen LogP contribution >= 0.6 is 0 Å². The van der Waals surface area contributed by atoms with E-state index in [-0.39, 0.29) is 17.7 Å². The van der Waals surface area contributed by atoms with Crippen LogP contribution in [-0.2, 0) is 4.79 Å². The Hall–Kier alpha value is -3.29. The Kier molecular flexibility index (Phi) is 4.98. The van der Waals surface area contributed by atoms with E-state index in [0.29, 0.717) is 5.69 Å². The van der Waals surface area contributed by atoms with E-state index in [1.807, 2.05) is 0 Å². The lowest BCUT2D eigenvalue weighted by atomic mass is 10.1. The molecule has 4 N–H and O–H groups in total. The van der Waals surface area contributed by atoms with E-state index < -0.39 is 23.7 Å². The molecule has 2 rings (SSSR count). The molecule has 0 unspecified atom stereocenters. The summed E-state index contributed by atoms with van der Waals surface area (Å²) >= 11 is 0. The first-order valence-electron chi connectivity index (χ1n) is 6.55. The van der Waals surface area contributed by atoms with Gasteiger partial charge in [0.25, 0.3) is 11.8 Å². The number of hydrogen-bond acceptors (Lipinski definition) is 4. The highest BCUT2D eigenvalue weighted by Crippen LogP contribution is 2.12. The summed E-state index contributed by atoms with van der Waals surface area (Å²) in [5, 5.41) is 4.87. The van der Waals surface area contributed by atoms with Crippen LogP contribution in [0.1, 0.15) is 20.7 Å². The highest BCUT2D eigenvalue weighted by atomic mass is 19.1. The molecule has 0 spiro atoms. The van der Waals surface area contributed by atoms with Gasteiger partial charge in [0, 0.05) is 29.1 Å². The van der Waals surface area contributed by atoms with Crippen LogP contribution in [0.2, 0.25) is 0 Å². The standard InChI is InChI=1S/C15H13FN4O3/c16-12-7-10(4-5-18-12)15(23)20-11-3-1-2-9(6-11)14(22)19-8-13(17)21/h1-7H,8H2,(H2,17,21)(H,19,22)(H,20,23). The maximum atomic E-state index is 13.0. The normalized spacial score (nSPS) is 9.96. The summed E-state index contributed by atoms with van der Waals surface area (Å²) in [5.74, 6) is -2.48. The van der Waals surface area contributed by atoms with Gasteiger partial charge in [-0.3, -0.25) is 14.4 Å². The number of nitrogens with one attached hydrogen (secondary N) is 2. The van der Waals surface area contributed by atoms with E-state index >= 15 is 0 Å². The fourth-order valence-corrected chi connectivity index (χ4v) is 1.75. The van der Waals surface area contributed by atoms with E-state index in [2.05, 4.69) is 15.6 Å². The molecule has 7 nitrogen and oxygen atoms in total. The quantitative estimate of drug-likeness (QED) is 0.704. The van der Waals surface area contributed by atoms with Gasteiger partial charge in [-0.1, -0.05) is 6.07 Å². The fourth-order valence-electron chi connectivity index (χ4n) is 1.75. The number of carbonyl (C=O) groups is 3. The third-order valence-electron chi connectivity index (χ3n) is 2.79. The van der Waals surface area contributed by atoms with Crippen LogP contribution in [0, 0.1) is 5.95 Å². The van der Waals surface area contributed by atoms with Gasteiger partial charge in [0.1, 0.15) is 0 Å². The van der Waals surface area contributed by atoms with Crippen molar-refractivity contribution in [2.45, 2.75) is 0 Å². The molecule has 8 heteroatoms. The number of benzene rings is 1. The van der Waals surface area contributed by atoms with Gasteiger partial charge in [-0.2, -0.15) is 4.39 Å². The number of carbonyl (C=O) groups excluding carboxylic acids is 3. The summed E-state index contributed by atoms with van der Waals surface area (Å²) in [6.07, 6.45) is 1.18. The third-order valence-corrected chi connectivity index (χ3v) is 2.79. The second-order valence-electron chi connectivity index (χ2n) is 4.55. The Balaban J connectivity index is 2.09. The molecule has 3 amide bonds. The van der Waals surface area contributed by atoms with E-state index in [0.717, 1.165) is 6.07 Å². The molecular formula is C15H13FN4O3. The van der Waals surface area contributed by atoms with Crippen molar-refractivity contribution in [3.05, 3.63) is 59.7 Å². The minimum Gasteiger partial charge on any atom is -0.368 e. The molecule has 0 bridgehead atoms. The molecule has 0 fully saturated rings. The Morgan fingerprint density at radius 3 is 2.52 bits per heavy atom. The van der Waals surface area contributed by atoms with E-state index in [1.54, 1.807) is 12.1 Å². The van der Waals surface area contributed by atoms with E-state index in [9.17, 15) is 18.8 Å². The monoisotopic (exact) mass is 316 g/mol. The molecule has 0 radical (unpaired) electrons. The van der Waals surface area contributed by atoms with Gasteiger partial charge < -0.3 is 16.4 Å². The summed E-state index contributed by atoms with van der Waals surface area (Å²) in [6.45, 7) is -0.286. The summed E-state index contributed by atoms with van der Waals surface area (Å²) in [6, 6.07) is 8.42. The lowest BCUT2D eigenvalue weighted by Crippen LogP contribution is -2.33. The second kappa shape index (κ2) is 7.12. The molecule has 1 aromatic heterocycles. The third kappa shape index (κ3) is 4.60. The number of aromatic nitrogens is 1. The number of primary amides is 1. The predicted molar refractivity (Wildman–Crippen MR) is 80.1 cm³/mol. The van der Waals surface area contributed by atoms with Crippen molar-refractivity contribution in [3.8, 4) is 0 Å². The van der Waals surface area contributed by atoms with Crippen molar-refractivity contribution in [2.75, 3.05) is 11.9 Å². The molecule has 118 valence electrons. The molecule has 0 saturated carbocycles. The van der Waals surface area contributed by atoms with E-state index in [4.69, 9.17) is 5.73 Å². The zero-order chi connectivity index (χ0) is 16.8. The lowest BCUT2D eigenvalue weighted by Gasteiger charge is -2.08. The number of pyridine rings is 1. The molecule has 23 heavy (non-hydrogen) atoms. The van der Waals surface area contributed by atoms with Crippen LogP contribution in [0.3, 0.4) is 0 Å². The lowest BCUT2D eigenvalue weighted by molar-refractivity contribution is -0.117. The van der Waals surface area contributed by atoms with Crippen molar-refractivity contribution in [1.82, 2.24) is 10.3 Å². The van der Waals surface area contributed by atoms with Crippen LogP contribution in [0.4, 0.5) is 10.1 Å². The number of nitrogens with two attached hydrogens (primary N) is 1. The topological polar surface area (TPSA) is 114 Å². The smallest absolute Gasteiger partial charge is 0.255 e. The predicted octanol–water partition coefficient (Wildman–Crippen LogP) is 0.688. The summed E-state index contributed by atoms with van der Waals surface area (Å²) < 4.78 is 13.0. The summed E-state index contributed by atoms with van der Waals surface area (Å²) in [4.78, 5) is 37.8. The van der Waals surface area contributed by atoms with Gasteiger partial charge in [-0.15, -0.1) is 0 Å². The zero-order valence-corrected chi connectivity index (χ0v) is 11.9. The number of anilines is 1. The molecule has 0 saturated heterocycles. The fraction of sp³-hybridized carbons (Fsp3) is 0.0667. The van der Waals surface area contributed by atoms with Crippen LogP contribution in [0.15, 0.2) is 42.6 Å². The SMILES string of the molecule is NC(=O)CNC(=O)c1cccc(NC(=O)c2ccnc(F)c2)c1. The molecule has 1 heterocycles. The molecule has 2 aromatic rings. The average Bonchev–Trinajstić information content (AvgIpc) is 2.52. The highest BCUT2D eigenvalue weighted by Gasteiger charge is 2.10. The number of nitrogens with zero attached hydrogens (tertiary/aromatic N) is 1. The maximum Gasteiger partial charge on any atom is 0.255 e. The average molecular weight is 316 g/mol. The number of halogens is 1. The Morgan fingerprint density at radius 2 is 1.83 bits per heavy atom.